The molecular weight excluding hydrogens is 194 g/mol. The van der Waals surface area contributed by atoms with Gasteiger partial charge in [-0.05, 0) is 24.5 Å². The number of rotatable bonds is 2. The van der Waals surface area contributed by atoms with Gasteiger partial charge in [-0.3, -0.25) is 0 Å². The zero-order valence-electron chi connectivity index (χ0n) is 8.73. The molecule has 1 aromatic carbocycles. The summed E-state index contributed by atoms with van der Waals surface area (Å²) in [6, 6.07) is 6.21. The summed E-state index contributed by atoms with van der Waals surface area (Å²) in [5, 5.41) is 4.28. The van der Waals surface area contributed by atoms with Gasteiger partial charge in [0.1, 0.15) is 0 Å². The molecule has 0 bridgehead atoms. The van der Waals surface area contributed by atoms with Crippen LogP contribution in [0.25, 0.3) is 0 Å². The number of anilines is 1. The van der Waals surface area contributed by atoms with E-state index < -0.39 is 0 Å². The maximum Gasteiger partial charge on any atom is 0.0640 e. The normalized spacial score (nSPS) is 17.6. The summed E-state index contributed by atoms with van der Waals surface area (Å²) < 4.78 is 0. The van der Waals surface area contributed by atoms with Gasteiger partial charge in [-0.2, -0.15) is 0 Å². The van der Waals surface area contributed by atoms with Crippen molar-refractivity contribution in [3.8, 4) is 0 Å². The van der Waals surface area contributed by atoms with E-state index in [2.05, 4.69) is 25.2 Å². The minimum Gasteiger partial charge on any atom is -0.383 e. The summed E-state index contributed by atoms with van der Waals surface area (Å²) in [6.45, 7) is 5.53. The summed E-state index contributed by atoms with van der Waals surface area (Å²) in [7, 11) is 0. The van der Waals surface area contributed by atoms with Gasteiger partial charge in [0, 0.05) is 12.0 Å². The van der Waals surface area contributed by atoms with Crippen molar-refractivity contribution < 1.29 is 0 Å². The maximum absolute atomic E-state index is 6.15. The molecule has 1 N–H and O–H groups in total. The molecule has 0 aliphatic carbocycles. The Labute approximate surface area is 90.5 Å². The molecule has 1 aliphatic heterocycles. The Morgan fingerprint density at radius 3 is 2.71 bits per heavy atom. The third kappa shape index (κ3) is 1.23. The lowest BCUT2D eigenvalue weighted by molar-refractivity contribution is 0.437. The lowest BCUT2D eigenvalue weighted by Crippen LogP contribution is -2.26. The maximum atomic E-state index is 6.15. The van der Waals surface area contributed by atoms with Gasteiger partial charge in [0.15, 0.2) is 0 Å². The highest BCUT2D eigenvalue weighted by Gasteiger charge is 2.36. The predicted octanol–water partition coefficient (Wildman–Crippen LogP) is 3.82. The fourth-order valence-corrected chi connectivity index (χ4v) is 2.62. The molecule has 1 heterocycles. The Bertz CT molecular complexity index is 342. The Balaban J connectivity index is 2.53. The summed E-state index contributed by atoms with van der Waals surface area (Å²) >= 11 is 6.15. The quantitative estimate of drug-likeness (QED) is 0.781. The van der Waals surface area contributed by atoms with Crippen LogP contribution in [-0.4, -0.2) is 6.54 Å². The fourth-order valence-electron chi connectivity index (χ4n) is 2.38. The molecule has 0 radical (unpaired) electrons. The predicted molar refractivity (Wildman–Crippen MR) is 62.2 cm³/mol. The fraction of sp³-hybridized carbons (Fsp3) is 0.500. The lowest BCUT2D eigenvalue weighted by atomic mass is 9.78. The molecule has 14 heavy (non-hydrogen) atoms. The van der Waals surface area contributed by atoms with Gasteiger partial charge in [-0.1, -0.05) is 37.6 Å². The van der Waals surface area contributed by atoms with Gasteiger partial charge in [0.25, 0.3) is 0 Å². The molecule has 0 saturated carbocycles. The topological polar surface area (TPSA) is 12.0 Å². The molecule has 0 atom stereocenters. The first-order chi connectivity index (χ1) is 6.73. The van der Waals surface area contributed by atoms with Crippen LogP contribution in [0.4, 0.5) is 5.69 Å². The van der Waals surface area contributed by atoms with E-state index in [0.29, 0.717) is 5.41 Å². The van der Waals surface area contributed by atoms with E-state index in [4.69, 9.17) is 11.6 Å². The highest BCUT2D eigenvalue weighted by Crippen LogP contribution is 2.44. The summed E-state index contributed by atoms with van der Waals surface area (Å²) in [5.74, 6) is 0. The van der Waals surface area contributed by atoms with Crippen molar-refractivity contribution in [1.29, 1.82) is 0 Å². The summed E-state index contributed by atoms with van der Waals surface area (Å²) in [6.07, 6.45) is 2.34. The molecule has 0 unspecified atom stereocenters. The molecular formula is C12H16ClN. The number of nitrogens with one attached hydrogen (secondary N) is 1. The third-order valence-corrected chi connectivity index (χ3v) is 3.86. The van der Waals surface area contributed by atoms with Crippen LogP contribution in [0.15, 0.2) is 18.2 Å². The number of hydrogen-bond donors (Lipinski definition) is 1. The zero-order chi connectivity index (χ0) is 10.2. The van der Waals surface area contributed by atoms with Crippen molar-refractivity contribution in [3.05, 3.63) is 28.8 Å². The van der Waals surface area contributed by atoms with Crippen LogP contribution < -0.4 is 5.32 Å². The lowest BCUT2D eigenvalue weighted by Gasteiger charge is -2.26. The van der Waals surface area contributed by atoms with Crippen LogP contribution >= 0.6 is 11.6 Å². The van der Waals surface area contributed by atoms with E-state index >= 15 is 0 Å². The third-order valence-electron chi connectivity index (χ3n) is 3.54. The van der Waals surface area contributed by atoms with Gasteiger partial charge >= 0.3 is 0 Å². The molecule has 0 fully saturated rings. The number of benzene rings is 1. The van der Waals surface area contributed by atoms with Gasteiger partial charge in [0.05, 0.1) is 10.7 Å². The van der Waals surface area contributed by atoms with E-state index in [9.17, 15) is 0 Å². The molecule has 0 aromatic heterocycles. The van der Waals surface area contributed by atoms with Crippen LogP contribution in [-0.2, 0) is 5.41 Å². The molecule has 76 valence electrons. The average Bonchev–Trinajstić information content (AvgIpc) is 2.59. The first-order valence-corrected chi connectivity index (χ1v) is 5.64. The molecule has 1 aromatic rings. The van der Waals surface area contributed by atoms with Crippen molar-refractivity contribution in [2.75, 3.05) is 11.9 Å². The molecule has 2 heteroatoms. The van der Waals surface area contributed by atoms with Crippen molar-refractivity contribution in [2.45, 2.75) is 32.1 Å². The molecule has 1 nitrogen and oxygen atoms in total. The zero-order valence-corrected chi connectivity index (χ0v) is 9.49. The second kappa shape index (κ2) is 3.47. The molecule has 0 saturated heterocycles. The van der Waals surface area contributed by atoms with E-state index in [1.165, 1.54) is 18.4 Å². The Morgan fingerprint density at radius 1 is 1.36 bits per heavy atom. The number of halogens is 1. The Morgan fingerprint density at radius 2 is 2.07 bits per heavy atom. The van der Waals surface area contributed by atoms with Crippen molar-refractivity contribution in [3.63, 3.8) is 0 Å². The van der Waals surface area contributed by atoms with E-state index in [1.807, 2.05) is 12.1 Å². The van der Waals surface area contributed by atoms with Gasteiger partial charge in [-0.15, -0.1) is 0 Å². The van der Waals surface area contributed by atoms with E-state index in [0.717, 1.165) is 17.3 Å². The first-order valence-electron chi connectivity index (χ1n) is 5.26. The highest BCUT2D eigenvalue weighted by molar-refractivity contribution is 6.33. The van der Waals surface area contributed by atoms with Crippen LogP contribution in [0.3, 0.4) is 0 Å². The second-order valence-corrected chi connectivity index (χ2v) is 4.41. The van der Waals surface area contributed by atoms with Gasteiger partial charge in [0.2, 0.25) is 0 Å². The van der Waals surface area contributed by atoms with Crippen LogP contribution in [0.2, 0.25) is 5.02 Å². The number of hydrogen-bond acceptors (Lipinski definition) is 1. The standard InChI is InChI=1S/C12H16ClN/c1-3-12(4-2)8-14-11-9(12)6-5-7-10(11)13/h5-7,14H,3-4,8H2,1-2H3. The minimum atomic E-state index is 0.306. The second-order valence-electron chi connectivity index (χ2n) is 4.00. The van der Waals surface area contributed by atoms with Crippen LogP contribution in [0, 0.1) is 0 Å². The summed E-state index contributed by atoms with van der Waals surface area (Å²) in [4.78, 5) is 0. The summed E-state index contributed by atoms with van der Waals surface area (Å²) in [5.41, 5.74) is 2.85. The SMILES string of the molecule is CCC1(CC)CNc2c(Cl)cccc21. The smallest absolute Gasteiger partial charge is 0.0640 e. The number of para-hydroxylation sites is 1. The van der Waals surface area contributed by atoms with Crippen molar-refractivity contribution in [1.82, 2.24) is 0 Å². The van der Waals surface area contributed by atoms with Crippen molar-refractivity contribution >= 4 is 17.3 Å². The molecule has 1 aliphatic rings. The van der Waals surface area contributed by atoms with Gasteiger partial charge in [-0.25, -0.2) is 0 Å². The largest absolute Gasteiger partial charge is 0.383 e. The van der Waals surface area contributed by atoms with Crippen LogP contribution in [0.5, 0.6) is 0 Å². The van der Waals surface area contributed by atoms with E-state index in [1.54, 1.807) is 0 Å². The Kier molecular flexibility index (Phi) is 2.44. The highest BCUT2D eigenvalue weighted by atomic mass is 35.5. The van der Waals surface area contributed by atoms with Crippen molar-refractivity contribution in [2.24, 2.45) is 0 Å². The number of fused-ring (bicyclic) bond motifs is 1. The monoisotopic (exact) mass is 209 g/mol. The average molecular weight is 210 g/mol. The van der Waals surface area contributed by atoms with Crippen LogP contribution in [0.1, 0.15) is 32.3 Å². The Hall–Kier alpha value is -0.690. The minimum absolute atomic E-state index is 0.306. The van der Waals surface area contributed by atoms with E-state index in [-0.39, 0.29) is 0 Å². The van der Waals surface area contributed by atoms with Gasteiger partial charge < -0.3 is 5.32 Å². The molecule has 0 amide bonds. The first kappa shape index (κ1) is 9.85. The molecule has 0 spiro atoms. The molecule has 2 rings (SSSR count).